The first-order valence-electron chi connectivity index (χ1n) is 8.22. The SMILES string of the molecule is Cl.Cl.NC1CCN(C[C@@H]2CCn3c(=O)cnc4ccc(=O)n2c43)CC1. The van der Waals surface area contributed by atoms with E-state index in [1.165, 1.54) is 6.20 Å². The van der Waals surface area contributed by atoms with E-state index in [-0.39, 0.29) is 42.0 Å². The van der Waals surface area contributed by atoms with Gasteiger partial charge >= 0.3 is 0 Å². The van der Waals surface area contributed by atoms with Crippen molar-refractivity contribution >= 4 is 36.0 Å². The van der Waals surface area contributed by atoms with Gasteiger partial charge in [0.05, 0.1) is 12.2 Å². The fourth-order valence-electron chi connectivity index (χ4n) is 3.78. The number of nitrogens with zero attached hydrogens (tertiary/aromatic N) is 4. The van der Waals surface area contributed by atoms with Gasteiger partial charge in [-0.3, -0.25) is 18.7 Å². The number of aryl methyl sites for hydroxylation is 1. The molecule has 0 amide bonds. The van der Waals surface area contributed by atoms with E-state index in [9.17, 15) is 9.59 Å². The van der Waals surface area contributed by atoms with Crippen LogP contribution in [0.3, 0.4) is 0 Å². The van der Waals surface area contributed by atoms with Crippen LogP contribution in [0, 0.1) is 0 Å². The van der Waals surface area contributed by atoms with Gasteiger partial charge < -0.3 is 10.6 Å². The third kappa shape index (κ3) is 3.60. The second-order valence-corrected chi connectivity index (χ2v) is 6.58. The molecule has 0 spiro atoms. The van der Waals surface area contributed by atoms with Gasteiger partial charge in [0.2, 0.25) is 0 Å². The van der Waals surface area contributed by atoms with E-state index in [0.717, 1.165) is 38.9 Å². The zero-order valence-corrected chi connectivity index (χ0v) is 15.5. The molecule has 4 heterocycles. The summed E-state index contributed by atoms with van der Waals surface area (Å²) in [6.07, 6.45) is 4.13. The second kappa shape index (κ2) is 7.86. The Labute approximate surface area is 157 Å². The Balaban J connectivity index is 0.00000113. The van der Waals surface area contributed by atoms with E-state index < -0.39 is 0 Å². The number of pyridine rings is 1. The summed E-state index contributed by atoms with van der Waals surface area (Å²) in [4.78, 5) is 31.1. The Morgan fingerprint density at radius 2 is 1.76 bits per heavy atom. The number of halogens is 2. The van der Waals surface area contributed by atoms with Gasteiger partial charge in [-0.15, -0.1) is 24.8 Å². The minimum Gasteiger partial charge on any atom is -0.328 e. The standard InChI is InChI=1S/C16H21N5O2.2ClH/c17-11-3-6-19(7-4-11)10-12-5-8-20-15(23)9-18-13-1-2-14(22)21(12)16(13)20;;/h1-2,9,11-12H,3-8,10,17H2;2*1H/t12-;;/m0../s1. The molecule has 7 nitrogen and oxygen atoms in total. The lowest BCUT2D eigenvalue weighted by molar-refractivity contribution is 0.174. The van der Waals surface area contributed by atoms with Gasteiger partial charge in [-0.05, 0) is 38.4 Å². The number of hydrogen-bond donors (Lipinski definition) is 1. The molecule has 0 unspecified atom stereocenters. The molecule has 4 rings (SSSR count). The van der Waals surface area contributed by atoms with Crippen LogP contribution in [0.1, 0.15) is 25.3 Å². The van der Waals surface area contributed by atoms with Crippen LogP contribution in [-0.2, 0) is 6.54 Å². The van der Waals surface area contributed by atoms with E-state index in [4.69, 9.17) is 5.73 Å². The molecule has 2 aliphatic heterocycles. The zero-order chi connectivity index (χ0) is 16.0. The van der Waals surface area contributed by atoms with Crippen molar-refractivity contribution in [1.29, 1.82) is 0 Å². The maximum absolute atomic E-state index is 12.4. The molecule has 0 radical (unpaired) electrons. The fraction of sp³-hybridized carbons (Fsp3) is 0.562. The molecule has 2 aromatic rings. The van der Waals surface area contributed by atoms with Crippen molar-refractivity contribution in [2.75, 3.05) is 19.6 Å². The number of hydrogen-bond acceptors (Lipinski definition) is 5. The highest BCUT2D eigenvalue weighted by molar-refractivity contribution is 5.85. The van der Waals surface area contributed by atoms with Gasteiger partial charge in [-0.2, -0.15) is 0 Å². The van der Waals surface area contributed by atoms with Crippen LogP contribution in [-0.4, -0.2) is 44.7 Å². The molecule has 2 aliphatic rings. The van der Waals surface area contributed by atoms with Crippen molar-refractivity contribution in [2.45, 2.75) is 37.9 Å². The van der Waals surface area contributed by atoms with Gasteiger partial charge in [0.25, 0.3) is 11.1 Å². The first-order valence-corrected chi connectivity index (χ1v) is 8.22. The van der Waals surface area contributed by atoms with E-state index in [1.807, 2.05) is 0 Å². The minimum absolute atomic E-state index is 0. The highest BCUT2D eigenvalue weighted by atomic mass is 35.5. The summed E-state index contributed by atoms with van der Waals surface area (Å²) >= 11 is 0. The first-order chi connectivity index (χ1) is 11.1. The Morgan fingerprint density at radius 3 is 2.48 bits per heavy atom. The maximum Gasteiger partial charge on any atom is 0.270 e. The Bertz CT molecular complexity index is 852. The first kappa shape index (κ1) is 19.9. The van der Waals surface area contributed by atoms with Crippen molar-refractivity contribution < 1.29 is 0 Å². The molecule has 1 fully saturated rings. The zero-order valence-electron chi connectivity index (χ0n) is 13.8. The van der Waals surface area contributed by atoms with Gasteiger partial charge in [0.1, 0.15) is 11.2 Å². The summed E-state index contributed by atoms with van der Waals surface area (Å²) in [6, 6.07) is 3.64. The van der Waals surface area contributed by atoms with Crippen LogP contribution in [0.4, 0.5) is 0 Å². The van der Waals surface area contributed by atoms with Crippen molar-refractivity contribution in [2.24, 2.45) is 5.73 Å². The van der Waals surface area contributed by atoms with Gasteiger partial charge in [0, 0.05) is 25.2 Å². The smallest absolute Gasteiger partial charge is 0.270 e. The van der Waals surface area contributed by atoms with Crippen LogP contribution in [0.15, 0.2) is 27.9 Å². The topological polar surface area (TPSA) is 86.2 Å². The van der Waals surface area contributed by atoms with Crippen molar-refractivity contribution in [3.05, 3.63) is 39.0 Å². The van der Waals surface area contributed by atoms with Crippen molar-refractivity contribution in [1.82, 2.24) is 19.0 Å². The predicted octanol–water partition coefficient (Wildman–Crippen LogP) is 0.770. The Morgan fingerprint density at radius 1 is 1.04 bits per heavy atom. The predicted molar refractivity (Wildman–Crippen MR) is 102 cm³/mol. The largest absolute Gasteiger partial charge is 0.328 e. The highest BCUT2D eigenvalue weighted by Gasteiger charge is 2.26. The molecule has 9 heteroatoms. The number of aromatic nitrogens is 3. The molecule has 2 N–H and O–H groups in total. The number of piperidine rings is 1. The van der Waals surface area contributed by atoms with Crippen LogP contribution in [0.2, 0.25) is 0 Å². The summed E-state index contributed by atoms with van der Waals surface area (Å²) in [6.45, 7) is 3.42. The molecular weight excluding hydrogens is 365 g/mol. The quantitative estimate of drug-likeness (QED) is 0.822. The summed E-state index contributed by atoms with van der Waals surface area (Å²) in [5.41, 5.74) is 7.14. The van der Waals surface area contributed by atoms with Crippen LogP contribution in [0.25, 0.3) is 11.2 Å². The van der Waals surface area contributed by atoms with Crippen molar-refractivity contribution in [3.63, 3.8) is 0 Å². The second-order valence-electron chi connectivity index (χ2n) is 6.58. The molecule has 0 saturated carbocycles. The Hall–Kier alpha value is -1.41. The molecule has 1 atom stereocenters. The normalized spacial score (nSPS) is 20.8. The monoisotopic (exact) mass is 387 g/mol. The molecule has 2 aromatic heterocycles. The number of likely N-dealkylation sites (tertiary alicyclic amines) is 1. The van der Waals surface area contributed by atoms with E-state index >= 15 is 0 Å². The molecule has 0 aliphatic carbocycles. The van der Waals surface area contributed by atoms with Gasteiger partial charge in [-0.1, -0.05) is 0 Å². The lowest BCUT2D eigenvalue weighted by Gasteiger charge is -2.35. The van der Waals surface area contributed by atoms with Crippen LogP contribution < -0.4 is 16.9 Å². The summed E-state index contributed by atoms with van der Waals surface area (Å²) < 4.78 is 3.44. The number of nitrogens with two attached hydrogens (primary N) is 1. The van der Waals surface area contributed by atoms with E-state index in [2.05, 4.69) is 9.88 Å². The average molecular weight is 388 g/mol. The van der Waals surface area contributed by atoms with Gasteiger partial charge in [0.15, 0.2) is 0 Å². The summed E-state index contributed by atoms with van der Waals surface area (Å²) in [5.74, 6) is 0. The lowest BCUT2D eigenvalue weighted by atomic mass is 10.0. The van der Waals surface area contributed by atoms with Crippen molar-refractivity contribution in [3.8, 4) is 0 Å². The van der Waals surface area contributed by atoms with E-state index in [1.54, 1.807) is 21.3 Å². The minimum atomic E-state index is -0.140. The van der Waals surface area contributed by atoms with Crippen LogP contribution in [0.5, 0.6) is 0 Å². The summed E-state index contributed by atoms with van der Waals surface area (Å²) in [7, 11) is 0. The maximum atomic E-state index is 12.4. The molecular formula is C16H23Cl2N5O2. The third-order valence-electron chi connectivity index (χ3n) is 5.07. The molecule has 138 valence electrons. The summed E-state index contributed by atoms with van der Waals surface area (Å²) in [5, 5.41) is 0. The van der Waals surface area contributed by atoms with Gasteiger partial charge in [-0.25, -0.2) is 4.98 Å². The fourth-order valence-corrected chi connectivity index (χ4v) is 3.78. The molecule has 0 bridgehead atoms. The molecule has 0 aromatic carbocycles. The average Bonchev–Trinajstić information content (AvgIpc) is 2.56. The third-order valence-corrected chi connectivity index (χ3v) is 5.07. The number of rotatable bonds is 2. The lowest BCUT2D eigenvalue weighted by Crippen LogP contribution is -2.45. The van der Waals surface area contributed by atoms with Crippen LogP contribution >= 0.6 is 24.8 Å². The Kier molecular flexibility index (Phi) is 6.26. The molecule has 1 saturated heterocycles. The molecule has 25 heavy (non-hydrogen) atoms. The highest BCUT2D eigenvalue weighted by Crippen LogP contribution is 2.24. The van der Waals surface area contributed by atoms with E-state index in [0.29, 0.717) is 23.8 Å².